The fourth-order valence-corrected chi connectivity index (χ4v) is 3.48. The second kappa shape index (κ2) is 7.70. The summed E-state index contributed by atoms with van der Waals surface area (Å²) < 4.78 is 11.6. The third kappa shape index (κ3) is 3.72. The van der Waals surface area contributed by atoms with Crippen LogP contribution in [0.3, 0.4) is 0 Å². The maximum absolute atomic E-state index is 5.38. The van der Waals surface area contributed by atoms with Crippen LogP contribution in [-0.4, -0.2) is 37.3 Å². The van der Waals surface area contributed by atoms with Crippen molar-refractivity contribution in [3.8, 4) is 11.5 Å². The van der Waals surface area contributed by atoms with Crippen molar-refractivity contribution in [2.75, 3.05) is 37.5 Å². The van der Waals surface area contributed by atoms with Gasteiger partial charge in [-0.25, -0.2) is 9.97 Å². The van der Waals surface area contributed by atoms with Crippen LogP contribution in [0.1, 0.15) is 18.4 Å². The molecule has 24 heavy (non-hydrogen) atoms. The van der Waals surface area contributed by atoms with Gasteiger partial charge in [-0.1, -0.05) is 0 Å². The van der Waals surface area contributed by atoms with E-state index in [0.717, 1.165) is 34.8 Å². The van der Waals surface area contributed by atoms with Gasteiger partial charge < -0.3 is 19.7 Å². The highest BCUT2D eigenvalue weighted by atomic mass is 79.9. The average Bonchev–Trinajstić information content (AvgIpc) is 3.14. The fourth-order valence-electron chi connectivity index (χ4n) is 2.83. The summed E-state index contributed by atoms with van der Waals surface area (Å²) in [6, 6.07) is 5.97. The minimum atomic E-state index is 0.634. The highest BCUT2D eigenvalue weighted by Crippen LogP contribution is 2.36. The molecule has 0 spiro atoms. The standard InChI is InChI=1S/C17H21BrN4O2/c1-23-14-8-12(7-13(18)17(14)24-2)10-19-15-9-16(21-11-20-15)22-5-3-4-6-22/h7-9,11H,3-6,10H2,1-2H3,(H,19,20,21). The van der Waals surface area contributed by atoms with E-state index in [1.807, 2.05) is 18.2 Å². The van der Waals surface area contributed by atoms with Gasteiger partial charge in [0, 0.05) is 25.7 Å². The van der Waals surface area contributed by atoms with Crippen molar-refractivity contribution in [3.63, 3.8) is 0 Å². The van der Waals surface area contributed by atoms with Gasteiger partial charge in [0.25, 0.3) is 0 Å². The Morgan fingerprint density at radius 2 is 1.92 bits per heavy atom. The van der Waals surface area contributed by atoms with E-state index in [9.17, 15) is 0 Å². The topological polar surface area (TPSA) is 59.5 Å². The third-order valence-corrected chi connectivity index (χ3v) is 4.64. The zero-order chi connectivity index (χ0) is 16.9. The Morgan fingerprint density at radius 1 is 1.12 bits per heavy atom. The molecule has 0 atom stereocenters. The predicted molar refractivity (Wildman–Crippen MR) is 98.1 cm³/mol. The number of hydrogen-bond acceptors (Lipinski definition) is 6. The number of benzene rings is 1. The molecule has 1 aliphatic rings. The van der Waals surface area contributed by atoms with Gasteiger partial charge in [0.05, 0.1) is 18.7 Å². The minimum Gasteiger partial charge on any atom is -0.493 e. The van der Waals surface area contributed by atoms with Crippen molar-refractivity contribution in [2.45, 2.75) is 19.4 Å². The Hall–Kier alpha value is -2.02. The summed E-state index contributed by atoms with van der Waals surface area (Å²) in [5, 5.41) is 3.35. The number of aromatic nitrogens is 2. The van der Waals surface area contributed by atoms with Crippen molar-refractivity contribution in [1.82, 2.24) is 9.97 Å². The van der Waals surface area contributed by atoms with Gasteiger partial charge in [0.15, 0.2) is 11.5 Å². The lowest BCUT2D eigenvalue weighted by molar-refractivity contribution is 0.352. The number of ether oxygens (including phenoxy) is 2. The Labute approximate surface area is 150 Å². The molecule has 128 valence electrons. The highest BCUT2D eigenvalue weighted by molar-refractivity contribution is 9.10. The van der Waals surface area contributed by atoms with Gasteiger partial charge in [0.1, 0.15) is 18.0 Å². The number of methoxy groups -OCH3 is 2. The molecule has 0 radical (unpaired) electrons. The summed E-state index contributed by atoms with van der Waals surface area (Å²) in [4.78, 5) is 11.0. The molecular weight excluding hydrogens is 372 g/mol. The van der Waals surface area contributed by atoms with Gasteiger partial charge in [-0.3, -0.25) is 0 Å². The molecule has 0 saturated carbocycles. The van der Waals surface area contributed by atoms with Crippen LogP contribution in [0.15, 0.2) is 29.0 Å². The molecule has 2 heterocycles. The zero-order valence-corrected chi connectivity index (χ0v) is 15.5. The Balaban J connectivity index is 1.71. The largest absolute Gasteiger partial charge is 0.493 e. The minimum absolute atomic E-state index is 0.634. The molecule has 0 aliphatic carbocycles. The van der Waals surface area contributed by atoms with Crippen LogP contribution in [0.5, 0.6) is 11.5 Å². The van der Waals surface area contributed by atoms with Crippen LogP contribution in [-0.2, 0) is 6.54 Å². The van der Waals surface area contributed by atoms with Crippen LogP contribution in [0.2, 0.25) is 0 Å². The molecule has 0 unspecified atom stereocenters. The van der Waals surface area contributed by atoms with Crippen molar-refractivity contribution < 1.29 is 9.47 Å². The molecule has 0 bridgehead atoms. The van der Waals surface area contributed by atoms with Gasteiger partial charge in [0.2, 0.25) is 0 Å². The van der Waals surface area contributed by atoms with Crippen molar-refractivity contribution >= 4 is 27.6 Å². The maximum Gasteiger partial charge on any atom is 0.174 e. The van der Waals surface area contributed by atoms with E-state index < -0.39 is 0 Å². The SMILES string of the molecule is COc1cc(CNc2cc(N3CCCC3)ncn2)cc(Br)c1OC. The first-order valence-electron chi connectivity index (χ1n) is 7.92. The van der Waals surface area contributed by atoms with E-state index in [-0.39, 0.29) is 0 Å². The van der Waals surface area contributed by atoms with Crippen LogP contribution in [0.25, 0.3) is 0 Å². The normalized spacial score (nSPS) is 13.9. The highest BCUT2D eigenvalue weighted by Gasteiger charge is 2.14. The summed E-state index contributed by atoms with van der Waals surface area (Å²) in [6.07, 6.45) is 4.07. The molecule has 1 aromatic heterocycles. The van der Waals surface area contributed by atoms with Crippen molar-refractivity contribution in [2.24, 2.45) is 0 Å². The van der Waals surface area contributed by atoms with Crippen LogP contribution < -0.4 is 19.7 Å². The molecule has 7 heteroatoms. The van der Waals surface area contributed by atoms with Gasteiger partial charge in [-0.05, 0) is 46.5 Å². The van der Waals surface area contributed by atoms with Crippen molar-refractivity contribution in [1.29, 1.82) is 0 Å². The summed E-state index contributed by atoms with van der Waals surface area (Å²) in [7, 11) is 3.26. The Bertz CT molecular complexity index is 705. The van der Waals surface area contributed by atoms with Gasteiger partial charge >= 0.3 is 0 Å². The molecule has 0 amide bonds. The second-order valence-electron chi connectivity index (χ2n) is 5.62. The average molecular weight is 393 g/mol. The maximum atomic E-state index is 5.38. The van der Waals surface area contributed by atoms with Crippen LogP contribution in [0, 0.1) is 0 Å². The Morgan fingerprint density at radius 3 is 2.62 bits per heavy atom. The van der Waals surface area contributed by atoms with Crippen LogP contribution in [0.4, 0.5) is 11.6 Å². The lowest BCUT2D eigenvalue weighted by atomic mass is 10.2. The van der Waals surface area contributed by atoms with E-state index in [1.54, 1.807) is 20.5 Å². The van der Waals surface area contributed by atoms with E-state index in [4.69, 9.17) is 9.47 Å². The molecule has 2 aromatic rings. The molecule has 1 fully saturated rings. The first-order valence-corrected chi connectivity index (χ1v) is 8.72. The molecule has 1 N–H and O–H groups in total. The van der Waals surface area contributed by atoms with Crippen LogP contribution >= 0.6 is 15.9 Å². The first kappa shape index (κ1) is 16.8. The quantitative estimate of drug-likeness (QED) is 0.811. The third-order valence-electron chi connectivity index (χ3n) is 4.05. The summed E-state index contributed by atoms with van der Waals surface area (Å²) in [5.41, 5.74) is 1.07. The molecular formula is C17H21BrN4O2. The zero-order valence-electron chi connectivity index (χ0n) is 13.9. The number of hydrogen-bond donors (Lipinski definition) is 1. The summed E-state index contributed by atoms with van der Waals surface area (Å²) in [5.74, 6) is 3.19. The smallest absolute Gasteiger partial charge is 0.174 e. The fraction of sp³-hybridized carbons (Fsp3) is 0.412. The monoisotopic (exact) mass is 392 g/mol. The Kier molecular flexibility index (Phi) is 5.40. The van der Waals surface area contributed by atoms with E-state index in [0.29, 0.717) is 18.0 Å². The lowest BCUT2D eigenvalue weighted by Crippen LogP contribution is -2.19. The predicted octanol–water partition coefficient (Wildman–Crippen LogP) is 3.47. The van der Waals surface area contributed by atoms with E-state index in [1.165, 1.54) is 12.8 Å². The molecule has 1 aliphatic heterocycles. The molecule has 3 rings (SSSR count). The summed E-state index contributed by atoms with van der Waals surface area (Å²) >= 11 is 3.52. The number of nitrogens with zero attached hydrogens (tertiary/aromatic N) is 3. The number of rotatable bonds is 6. The summed E-state index contributed by atoms with van der Waals surface area (Å²) in [6.45, 7) is 2.77. The second-order valence-corrected chi connectivity index (χ2v) is 6.48. The number of anilines is 2. The number of nitrogens with one attached hydrogen (secondary N) is 1. The van der Waals surface area contributed by atoms with Crippen molar-refractivity contribution in [3.05, 3.63) is 34.6 Å². The van der Waals surface area contributed by atoms with Gasteiger partial charge in [-0.15, -0.1) is 0 Å². The van der Waals surface area contributed by atoms with Gasteiger partial charge in [-0.2, -0.15) is 0 Å². The van der Waals surface area contributed by atoms with E-state index in [2.05, 4.69) is 36.1 Å². The first-order chi connectivity index (χ1) is 11.7. The molecule has 6 nitrogen and oxygen atoms in total. The molecule has 1 saturated heterocycles. The lowest BCUT2D eigenvalue weighted by Gasteiger charge is -2.17. The molecule has 1 aromatic carbocycles. The number of halogens is 1. The van der Waals surface area contributed by atoms with E-state index >= 15 is 0 Å².